The fourth-order valence-electron chi connectivity index (χ4n) is 1.27. The van der Waals surface area contributed by atoms with E-state index in [9.17, 15) is 13.2 Å². The van der Waals surface area contributed by atoms with Gasteiger partial charge in [0.25, 0.3) is 0 Å². The Morgan fingerprint density at radius 3 is 2.76 bits per heavy atom. The number of rotatable bonds is 6. The zero-order valence-corrected chi connectivity index (χ0v) is 10.2. The minimum Gasteiger partial charge on any atom is -0.493 e. The molecule has 1 aromatic rings. The van der Waals surface area contributed by atoms with Gasteiger partial charge in [-0.15, -0.1) is 0 Å². The van der Waals surface area contributed by atoms with E-state index in [1.54, 1.807) is 6.07 Å². The summed E-state index contributed by atoms with van der Waals surface area (Å²) in [6, 6.07) is 7.29. The molecule has 0 fully saturated rings. The predicted octanol–water partition coefficient (Wildman–Crippen LogP) is 3.04. The third-order valence-electron chi connectivity index (χ3n) is 1.90. The zero-order valence-electron chi connectivity index (χ0n) is 9.38. The van der Waals surface area contributed by atoms with Crippen LogP contribution in [0.2, 0.25) is 0 Å². The molecule has 0 aliphatic carbocycles. The van der Waals surface area contributed by atoms with Gasteiger partial charge in [-0.1, -0.05) is 12.1 Å². The third kappa shape index (κ3) is 6.43. The van der Waals surface area contributed by atoms with E-state index in [0.29, 0.717) is 12.3 Å². The van der Waals surface area contributed by atoms with E-state index >= 15 is 0 Å². The second kappa shape index (κ2) is 6.76. The summed E-state index contributed by atoms with van der Waals surface area (Å²) >= 11 is -0.0701. The molecule has 0 saturated carbocycles. The Bertz CT molecular complexity index is 344. The Balaban J connectivity index is 2.34. The quantitative estimate of drug-likeness (QED) is 0.799. The van der Waals surface area contributed by atoms with E-state index in [2.05, 4.69) is 5.32 Å². The maximum atomic E-state index is 11.8. The standard InChI is InChI=1S/C11H14F3NOS/c1-15-8-9-3-2-4-10(7-9)16-5-6-17-11(12,13)14/h2-4,7,15H,5-6,8H2,1H3. The number of hydrogen-bond donors (Lipinski definition) is 1. The minimum atomic E-state index is -4.18. The third-order valence-corrected chi connectivity index (χ3v) is 2.60. The average molecular weight is 265 g/mol. The number of alkyl halides is 3. The van der Waals surface area contributed by atoms with E-state index < -0.39 is 5.51 Å². The number of ether oxygens (including phenoxy) is 1. The maximum Gasteiger partial charge on any atom is 0.441 e. The molecule has 0 spiro atoms. The van der Waals surface area contributed by atoms with Crippen LogP contribution in [0.3, 0.4) is 0 Å². The first-order valence-corrected chi connectivity index (χ1v) is 6.07. The number of nitrogens with one attached hydrogen (secondary N) is 1. The molecule has 1 rings (SSSR count). The molecule has 0 unspecified atom stereocenters. The van der Waals surface area contributed by atoms with Crippen molar-refractivity contribution in [2.24, 2.45) is 0 Å². The molecule has 0 aromatic heterocycles. The maximum absolute atomic E-state index is 11.8. The van der Waals surface area contributed by atoms with Crippen molar-refractivity contribution in [1.82, 2.24) is 5.32 Å². The van der Waals surface area contributed by atoms with E-state index in [1.165, 1.54) is 0 Å². The summed E-state index contributed by atoms with van der Waals surface area (Å²) in [5.74, 6) is 0.500. The molecule has 96 valence electrons. The normalized spacial score (nSPS) is 11.5. The van der Waals surface area contributed by atoms with Gasteiger partial charge in [-0.25, -0.2) is 0 Å². The van der Waals surface area contributed by atoms with Crippen molar-refractivity contribution in [2.75, 3.05) is 19.4 Å². The van der Waals surface area contributed by atoms with E-state index in [4.69, 9.17) is 4.74 Å². The predicted molar refractivity (Wildman–Crippen MR) is 63.2 cm³/mol. The number of hydrogen-bond acceptors (Lipinski definition) is 3. The molecule has 0 bridgehead atoms. The van der Waals surface area contributed by atoms with Crippen LogP contribution in [0.25, 0.3) is 0 Å². The highest BCUT2D eigenvalue weighted by molar-refractivity contribution is 8.00. The fraction of sp³-hybridized carbons (Fsp3) is 0.455. The second-order valence-corrected chi connectivity index (χ2v) is 4.48. The molecule has 0 atom stereocenters. The lowest BCUT2D eigenvalue weighted by Gasteiger charge is -2.09. The van der Waals surface area contributed by atoms with Gasteiger partial charge in [0, 0.05) is 12.3 Å². The van der Waals surface area contributed by atoms with Crippen LogP contribution < -0.4 is 10.1 Å². The smallest absolute Gasteiger partial charge is 0.441 e. The monoisotopic (exact) mass is 265 g/mol. The fourth-order valence-corrected chi connectivity index (χ4v) is 1.66. The lowest BCUT2D eigenvalue weighted by atomic mass is 10.2. The molecule has 17 heavy (non-hydrogen) atoms. The van der Waals surface area contributed by atoms with Crippen LogP contribution in [0.1, 0.15) is 5.56 Å². The minimum absolute atomic E-state index is 0.0488. The lowest BCUT2D eigenvalue weighted by molar-refractivity contribution is -0.0329. The van der Waals surface area contributed by atoms with Crippen LogP contribution in [-0.2, 0) is 6.54 Å². The first-order valence-electron chi connectivity index (χ1n) is 5.08. The Hall–Kier alpha value is -0.880. The number of thioether (sulfide) groups is 1. The SMILES string of the molecule is CNCc1cccc(OCCSC(F)(F)F)c1. The lowest BCUT2D eigenvalue weighted by Crippen LogP contribution is -2.08. The summed E-state index contributed by atoms with van der Waals surface area (Å²) in [4.78, 5) is 0. The molecule has 0 radical (unpaired) electrons. The Labute approximate surface area is 103 Å². The molecule has 6 heteroatoms. The molecule has 1 aromatic carbocycles. The van der Waals surface area contributed by atoms with Crippen LogP contribution in [0, 0.1) is 0 Å². The van der Waals surface area contributed by atoms with Crippen LogP contribution in [0.4, 0.5) is 13.2 Å². The van der Waals surface area contributed by atoms with E-state index in [0.717, 1.165) is 5.56 Å². The molecule has 0 saturated heterocycles. The summed E-state index contributed by atoms with van der Waals surface area (Å²) in [5.41, 5.74) is -3.15. The van der Waals surface area contributed by atoms with Crippen molar-refractivity contribution in [3.63, 3.8) is 0 Å². The molecule has 2 nitrogen and oxygen atoms in total. The second-order valence-electron chi connectivity index (χ2n) is 3.32. The molecular formula is C11H14F3NOS. The van der Waals surface area contributed by atoms with Crippen molar-refractivity contribution in [3.05, 3.63) is 29.8 Å². The van der Waals surface area contributed by atoms with Crippen molar-refractivity contribution < 1.29 is 17.9 Å². The van der Waals surface area contributed by atoms with Gasteiger partial charge in [-0.3, -0.25) is 0 Å². The van der Waals surface area contributed by atoms with Crippen molar-refractivity contribution >= 4 is 11.8 Å². The summed E-state index contributed by atoms with van der Waals surface area (Å²) < 4.78 is 40.8. The topological polar surface area (TPSA) is 21.3 Å². The zero-order chi connectivity index (χ0) is 12.7. The molecule has 0 amide bonds. The van der Waals surface area contributed by atoms with Gasteiger partial charge in [0.05, 0.1) is 6.61 Å². The van der Waals surface area contributed by atoms with Gasteiger partial charge in [-0.2, -0.15) is 13.2 Å². The average Bonchev–Trinajstić information content (AvgIpc) is 2.24. The molecule has 1 N–H and O–H groups in total. The van der Waals surface area contributed by atoms with Crippen LogP contribution in [-0.4, -0.2) is 24.9 Å². The van der Waals surface area contributed by atoms with Gasteiger partial charge in [0.2, 0.25) is 0 Å². The van der Waals surface area contributed by atoms with Crippen LogP contribution in [0.15, 0.2) is 24.3 Å². The molecule has 0 heterocycles. The Kier molecular flexibility index (Phi) is 5.64. The summed E-state index contributed by atoms with van der Waals surface area (Å²) in [6.45, 7) is 0.752. The number of halogens is 3. The van der Waals surface area contributed by atoms with Gasteiger partial charge in [0.15, 0.2) is 0 Å². The van der Waals surface area contributed by atoms with E-state index in [1.807, 2.05) is 25.2 Å². The molecule has 0 aliphatic rings. The largest absolute Gasteiger partial charge is 0.493 e. The molecular weight excluding hydrogens is 251 g/mol. The van der Waals surface area contributed by atoms with Crippen molar-refractivity contribution in [1.29, 1.82) is 0 Å². The highest BCUT2D eigenvalue weighted by Crippen LogP contribution is 2.29. The highest BCUT2D eigenvalue weighted by atomic mass is 32.2. The van der Waals surface area contributed by atoms with Gasteiger partial charge >= 0.3 is 5.51 Å². The van der Waals surface area contributed by atoms with Crippen LogP contribution in [0.5, 0.6) is 5.75 Å². The summed E-state index contributed by atoms with van der Waals surface area (Å²) in [7, 11) is 1.83. The van der Waals surface area contributed by atoms with Crippen molar-refractivity contribution in [2.45, 2.75) is 12.1 Å². The van der Waals surface area contributed by atoms with E-state index in [-0.39, 0.29) is 24.1 Å². The highest BCUT2D eigenvalue weighted by Gasteiger charge is 2.27. The Morgan fingerprint density at radius 1 is 1.35 bits per heavy atom. The number of benzene rings is 1. The van der Waals surface area contributed by atoms with Gasteiger partial charge in [0.1, 0.15) is 5.75 Å². The summed E-state index contributed by atoms with van der Waals surface area (Å²) in [5, 5.41) is 2.99. The summed E-state index contributed by atoms with van der Waals surface area (Å²) in [6.07, 6.45) is 0. The molecule has 0 aliphatic heterocycles. The Morgan fingerprint density at radius 2 is 2.12 bits per heavy atom. The van der Waals surface area contributed by atoms with Gasteiger partial charge in [-0.05, 0) is 36.5 Å². The first-order chi connectivity index (χ1) is 8.01. The first kappa shape index (κ1) is 14.2. The van der Waals surface area contributed by atoms with Gasteiger partial charge < -0.3 is 10.1 Å². The van der Waals surface area contributed by atoms with Crippen LogP contribution >= 0.6 is 11.8 Å². The van der Waals surface area contributed by atoms with Crippen molar-refractivity contribution in [3.8, 4) is 5.75 Å².